The summed E-state index contributed by atoms with van der Waals surface area (Å²) in [5.74, 6) is 2.86. The molecule has 1 unspecified atom stereocenters. The van der Waals surface area contributed by atoms with Crippen LogP contribution in [0, 0.1) is 17.2 Å². The maximum absolute atomic E-state index is 10.2. The first-order valence-corrected chi connectivity index (χ1v) is 10.8. The maximum Gasteiger partial charge on any atom is 0.161 e. The average molecular weight is 439 g/mol. The lowest BCUT2D eigenvalue weighted by Crippen LogP contribution is -2.31. The highest BCUT2D eigenvalue weighted by Crippen LogP contribution is 2.40. The molecule has 172 valence electrons. The normalized spacial score (nSPS) is 12.9. The Hall–Kier alpha value is -3.20. The molecule has 2 rings (SSSR count). The van der Waals surface area contributed by atoms with E-state index in [1.54, 1.807) is 28.4 Å². The summed E-state index contributed by atoms with van der Waals surface area (Å²) in [7, 11) is 6.47. The van der Waals surface area contributed by atoms with Gasteiger partial charge in [0.1, 0.15) is 0 Å². The van der Waals surface area contributed by atoms with Gasteiger partial charge in [0.2, 0.25) is 0 Å². The van der Waals surface area contributed by atoms with Crippen molar-refractivity contribution in [1.29, 1.82) is 5.26 Å². The van der Waals surface area contributed by atoms with Gasteiger partial charge in [-0.3, -0.25) is 4.99 Å². The molecule has 1 atom stereocenters. The van der Waals surface area contributed by atoms with Gasteiger partial charge in [0, 0.05) is 19.2 Å². The number of aliphatic imine (C=N–C) groups is 1. The smallest absolute Gasteiger partial charge is 0.161 e. The molecule has 2 aromatic carbocycles. The zero-order valence-corrected chi connectivity index (χ0v) is 20.0. The molecule has 6 heteroatoms. The van der Waals surface area contributed by atoms with Crippen molar-refractivity contribution in [2.75, 3.05) is 35.0 Å². The first-order valence-electron chi connectivity index (χ1n) is 10.8. The van der Waals surface area contributed by atoms with Crippen LogP contribution in [0.1, 0.15) is 37.8 Å². The molecule has 0 aliphatic heterocycles. The summed E-state index contributed by atoms with van der Waals surface area (Å²) in [6.45, 7) is 4.83. The molecule has 0 bridgehead atoms. The third kappa shape index (κ3) is 5.73. The molecule has 0 aromatic heterocycles. The fourth-order valence-corrected chi connectivity index (χ4v) is 3.85. The lowest BCUT2D eigenvalue weighted by Gasteiger charge is -2.31. The van der Waals surface area contributed by atoms with Crippen LogP contribution in [0.5, 0.6) is 23.0 Å². The number of rotatable bonds is 12. The van der Waals surface area contributed by atoms with Gasteiger partial charge in [-0.25, -0.2) is 0 Å². The Morgan fingerprint density at radius 1 is 0.906 bits per heavy atom. The summed E-state index contributed by atoms with van der Waals surface area (Å²) in [5.41, 5.74) is 1.44. The number of nitriles is 1. The largest absolute Gasteiger partial charge is 0.493 e. The molecule has 0 aliphatic carbocycles. The molecule has 0 spiro atoms. The predicted octanol–water partition coefficient (Wildman–Crippen LogP) is 5.23. The number of benzene rings is 2. The second-order valence-electron chi connectivity index (χ2n) is 7.89. The van der Waals surface area contributed by atoms with Gasteiger partial charge in [-0.15, -0.1) is 0 Å². The summed E-state index contributed by atoms with van der Waals surface area (Å²) in [6, 6.07) is 14.2. The fourth-order valence-electron chi connectivity index (χ4n) is 3.85. The molecule has 0 N–H and O–H groups in total. The minimum atomic E-state index is -0.613. The van der Waals surface area contributed by atoms with Crippen molar-refractivity contribution < 1.29 is 18.9 Å². The summed E-state index contributed by atoms with van der Waals surface area (Å²) < 4.78 is 21.4. The Morgan fingerprint density at radius 3 is 2.06 bits per heavy atom. The molecule has 0 amide bonds. The zero-order valence-electron chi connectivity index (χ0n) is 20.0. The monoisotopic (exact) mass is 438 g/mol. The molecule has 0 heterocycles. The van der Waals surface area contributed by atoms with Crippen LogP contribution in [0.4, 0.5) is 0 Å². The van der Waals surface area contributed by atoms with E-state index in [4.69, 9.17) is 18.9 Å². The van der Waals surface area contributed by atoms with Crippen LogP contribution < -0.4 is 18.9 Å². The average Bonchev–Trinajstić information content (AvgIpc) is 2.82. The van der Waals surface area contributed by atoms with Gasteiger partial charge < -0.3 is 18.9 Å². The highest BCUT2D eigenvalue weighted by atomic mass is 16.5. The van der Waals surface area contributed by atoms with Crippen molar-refractivity contribution in [3.63, 3.8) is 0 Å². The summed E-state index contributed by atoms with van der Waals surface area (Å²) in [5, 5.41) is 10.2. The quantitative estimate of drug-likeness (QED) is 0.335. The summed E-state index contributed by atoms with van der Waals surface area (Å²) in [4.78, 5) is 4.57. The first kappa shape index (κ1) is 25.1. The second kappa shape index (κ2) is 12.0. The topological polar surface area (TPSA) is 73.1 Å². The summed E-state index contributed by atoms with van der Waals surface area (Å²) >= 11 is 0. The van der Waals surface area contributed by atoms with E-state index >= 15 is 0 Å². The van der Waals surface area contributed by atoms with Gasteiger partial charge in [-0.05, 0) is 54.2 Å². The van der Waals surface area contributed by atoms with Gasteiger partial charge in [-0.1, -0.05) is 26.0 Å². The first-order chi connectivity index (χ1) is 15.4. The highest BCUT2D eigenvalue weighted by molar-refractivity contribution is 5.62. The van der Waals surface area contributed by atoms with Crippen LogP contribution in [0.25, 0.3) is 0 Å². The highest BCUT2D eigenvalue weighted by Gasteiger charge is 2.36. The van der Waals surface area contributed by atoms with E-state index in [-0.39, 0.29) is 5.92 Å². The van der Waals surface area contributed by atoms with E-state index in [2.05, 4.69) is 24.9 Å². The molecule has 0 saturated heterocycles. The van der Waals surface area contributed by atoms with Crippen molar-refractivity contribution in [2.24, 2.45) is 10.9 Å². The van der Waals surface area contributed by atoms with Gasteiger partial charge in [0.05, 0.1) is 39.9 Å². The maximum atomic E-state index is 10.2. The van der Waals surface area contributed by atoms with Crippen LogP contribution in [0.3, 0.4) is 0 Å². The van der Waals surface area contributed by atoms with E-state index in [0.717, 1.165) is 17.5 Å². The van der Waals surface area contributed by atoms with Crippen LogP contribution in [0.2, 0.25) is 0 Å². The van der Waals surface area contributed by atoms with Crippen LogP contribution in [-0.4, -0.2) is 41.2 Å². The number of ether oxygens (including phenoxy) is 4. The molecule has 2 aromatic rings. The second-order valence-corrected chi connectivity index (χ2v) is 7.89. The number of nitrogens with zero attached hydrogens (tertiary/aromatic N) is 2. The molecule has 0 radical (unpaired) electrons. The number of methoxy groups -OCH3 is 4. The molecular formula is C26H34N2O4. The lowest BCUT2D eigenvalue weighted by atomic mass is 9.70. The van der Waals surface area contributed by atoms with Gasteiger partial charge >= 0.3 is 0 Å². The third-order valence-electron chi connectivity index (χ3n) is 5.85. The van der Waals surface area contributed by atoms with E-state index < -0.39 is 5.41 Å². The van der Waals surface area contributed by atoms with Crippen molar-refractivity contribution >= 4 is 6.21 Å². The Labute approximate surface area is 191 Å². The van der Waals surface area contributed by atoms with Crippen LogP contribution in [-0.2, 0) is 11.8 Å². The number of hydrogen-bond donors (Lipinski definition) is 0. The molecule has 6 nitrogen and oxygen atoms in total. The molecule has 0 fully saturated rings. The Bertz CT molecular complexity index is 949. The predicted molar refractivity (Wildman–Crippen MR) is 128 cm³/mol. The van der Waals surface area contributed by atoms with E-state index in [0.29, 0.717) is 42.4 Å². The molecule has 32 heavy (non-hydrogen) atoms. The fraction of sp³-hybridized carbons (Fsp3) is 0.462. The zero-order chi connectivity index (χ0) is 23.6. The van der Waals surface area contributed by atoms with Gasteiger partial charge in [-0.2, -0.15) is 5.26 Å². The van der Waals surface area contributed by atoms with Crippen molar-refractivity contribution in [2.45, 2.75) is 38.5 Å². The van der Waals surface area contributed by atoms with Crippen molar-refractivity contribution in [3.05, 3.63) is 47.5 Å². The Kier molecular flexibility index (Phi) is 9.39. The molecule has 0 aliphatic rings. The van der Waals surface area contributed by atoms with Gasteiger partial charge in [0.15, 0.2) is 23.0 Å². The van der Waals surface area contributed by atoms with Gasteiger partial charge in [0.25, 0.3) is 0 Å². The van der Waals surface area contributed by atoms with Crippen LogP contribution in [0.15, 0.2) is 41.4 Å². The SMILES string of the molecule is COc1ccc(CC=NCCCC(C#N)(c2ccc(OC)c(OC)c2)C(C)C)cc1OC. The molecule has 0 saturated carbocycles. The minimum Gasteiger partial charge on any atom is -0.493 e. The summed E-state index contributed by atoms with van der Waals surface area (Å²) in [6.07, 6.45) is 4.15. The Morgan fingerprint density at radius 2 is 1.50 bits per heavy atom. The van der Waals surface area contributed by atoms with E-state index in [1.807, 2.05) is 42.6 Å². The van der Waals surface area contributed by atoms with E-state index in [9.17, 15) is 5.26 Å². The van der Waals surface area contributed by atoms with Crippen LogP contribution >= 0.6 is 0 Å². The Balaban J connectivity index is 2.04. The van der Waals surface area contributed by atoms with Crippen molar-refractivity contribution in [1.82, 2.24) is 0 Å². The third-order valence-corrected chi connectivity index (χ3v) is 5.85. The molecular weight excluding hydrogens is 404 g/mol. The standard InChI is InChI=1S/C26H34N2O4/c1-19(2)26(18-27,21-9-11-23(30-4)25(17-21)32-6)13-7-14-28-15-12-20-8-10-22(29-3)24(16-20)31-5/h8-11,15-17,19H,7,12-14H2,1-6H3. The minimum absolute atomic E-state index is 0.140. The lowest BCUT2D eigenvalue weighted by molar-refractivity contribution is 0.343. The number of hydrogen-bond acceptors (Lipinski definition) is 6. The van der Waals surface area contributed by atoms with E-state index in [1.165, 1.54) is 0 Å². The van der Waals surface area contributed by atoms with Crippen molar-refractivity contribution in [3.8, 4) is 29.1 Å².